The molecular weight excluding hydrogens is 398 g/mol. The predicted octanol–water partition coefficient (Wildman–Crippen LogP) is 2.16. The Bertz CT molecular complexity index is 930. The van der Waals surface area contributed by atoms with E-state index in [2.05, 4.69) is 57.9 Å². The molecule has 0 amide bonds. The highest BCUT2D eigenvalue weighted by molar-refractivity contribution is 7.90. The standard InChI is InChI=1S/C22H35N5O2S/c1-3-23-22(26-19-10-13-27(14-11-19)15-16-30(2,28)29)24-12-6-7-18-17-25-21-9-5-4-8-20(18)21/h4-5,8-9,17,19,25H,3,6-7,10-16H2,1-2H3,(H2,23,24,26). The number of likely N-dealkylation sites (tertiary alicyclic amines) is 1. The first-order chi connectivity index (χ1) is 14.4. The van der Waals surface area contributed by atoms with E-state index < -0.39 is 9.84 Å². The first kappa shape index (κ1) is 22.6. The first-order valence-corrected chi connectivity index (χ1v) is 13.0. The number of hydrogen-bond acceptors (Lipinski definition) is 4. The number of fused-ring (bicyclic) bond motifs is 1. The van der Waals surface area contributed by atoms with Crippen LogP contribution in [0.3, 0.4) is 0 Å². The van der Waals surface area contributed by atoms with E-state index in [9.17, 15) is 8.42 Å². The fourth-order valence-corrected chi connectivity index (χ4v) is 4.50. The lowest BCUT2D eigenvalue weighted by Crippen LogP contribution is -2.49. The van der Waals surface area contributed by atoms with Crippen molar-refractivity contribution >= 4 is 26.7 Å². The van der Waals surface area contributed by atoms with Crippen LogP contribution in [0.15, 0.2) is 35.5 Å². The minimum atomic E-state index is -2.89. The number of aromatic nitrogens is 1. The molecule has 0 unspecified atom stereocenters. The van der Waals surface area contributed by atoms with Crippen molar-refractivity contribution in [2.75, 3.05) is 44.7 Å². The maximum Gasteiger partial charge on any atom is 0.191 e. The number of aliphatic imine (C=N–C) groups is 1. The zero-order valence-electron chi connectivity index (χ0n) is 18.2. The van der Waals surface area contributed by atoms with Gasteiger partial charge in [-0.2, -0.15) is 0 Å². The molecule has 0 atom stereocenters. The van der Waals surface area contributed by atoms with Gasteiger partial charge in [0.1, 0.15) is 9.84 Å². The average Bonchev–Trinajstić information content (AvgIpc) is 3.13. The molecule has 0 radical (unpaired) electrons. The number of sulfone groups is 1. The summed E-state index contributed by atoms with van der Waals surface area (Å²) in [7, 11) is -2.89. The van der Waals surface area contributed by atoms with Crippen molar-refractivity contribution < 1.29 is 8.42 Å². The minimum absolute atomic E-state index is 0.242. The van der Waals surface area contributed by atoms with Gasteiger partial charge in [-0.3, -0.25) is 4.99 Å². The lowest BCUT2D eigenvalue weighted by Gasteiger charge is -2.32. The van der Waals surface area contributed by atoms with Crippen molar-refractivity contribution in [1.29, 1.82) is 0 Å². The number of benzene rings is 1. The molecule has 1 aromatic heterocycles. The van der Waals surface area contributed by atoms with Crippen LogP contribution in [-0.2, 0) is 16.3 Å². The molecule has 0 aliphatic carbocycles. The summed E-state index contributed by atoms with van der Waals surface area (Å²) in [4.78, 5) is 10.3. The van der Waals surface area contributed by atoms with Crippen molar-refractivity contribution in [1.82, 2.24) is 20.5 Å². The van der Waals surface area contributed by atoms with Crippen LogP contribution in [0.2, 0.25) is 0 Å². The van der Waals surface area contributed by atoms with Crippen molar-refractivity contribution in [2.45, 2.75) is 38.6 Å². The second-order valence-corrected chi connectivity index (χ2v) is 10.4. The van der Waals surface area contributed by atoms with Crippen molar-refractivity contribution in [3.63, 3.8) is 0 Å². The Labute approximate surface area is 180 Å². The van der Waals surface area contributed by atoms with Gasteiger partial charge in [0.15, 0.2) is 5.96 Å². The highest BCUT2D eigenvalue weighted by atomic mass is 32.2. The number of rotatable bonds is 9. The lowest BCUT2D eigenvalue weighted by atomic mass is 10.1. The van der Waals surface area contributed by atoms with Gasteiger partial charge in [-0.25, -0.2) is 8.42 Å². The topological polar surface area (TPSA) is 89.6 Å². The molecule has 3 N–H and O–H groups in total. The Kier molecular flexibility index (Phi) is 8.16. The molecule has 30 heavy (non-hydrogen) atoms. The summed E-state index contributed by atoms with van der Waals surface area (Å²) >= 11 is 0. The molecule has 0 bridgehead atoms. The molecule has 0 saturated carbocycles. The molecule has 1 saturated heterocycles. The molecule has 2 heterocycles. The van der Waals surface area contributed by atoms with E-state index in [1.54, 1.807) is 0 Å². The Hall–Kier alpha value is -2.06. The predicted molar refractivity (Wildman–Crippen MR) is 125 cm³/mol. The molecule has 0 spiro atoms. The average molecular weight is 434 g/mol. The Morgan fingerprint density at radius 3 is 2.77 bits per heavy atom. The summed E-state index contributed by atoms with van der Waals surface area (Å²) in [5.74, 6) is 1.12. The number of aryl methyl sites for hydroxylation is 1. The van der Waals surface area contributed by atoms with E-state index in [-0.39, 0.29) is 5.75 Å². The highest BCUT2D eigenvalue weighted by Gasteiger charge is 2.20. The van der Waals surface area contributed by atoms with Crippen LogP contribution < -0.4 is 10.6 Å². The lowest BCUT2D eigenvalue weighted by molar-refractivity contribution is 0.216. The van der Waals surface area contributed by atoms with Gasteiger partial charge in [-0.15, -0.1) is 0 Å². The summed E-state index contributed by atoms with van der Waals surface area (Å²) in [6.45, 7) is 6.17. The molecule has 1 aromatic carbocycles. The van der Waals surface area contributed by atoms with Crippen LogP contribution >= 0.6 is 0 Å². The fourth-order valence-electron chi connectivity index (χ4n) is 3.91. The van der Waals surface area contributed by atoms with Crippen LogP contribution in [0.4, 0.5) is 0 Å². The molecule has 8 heteroatoms. The van der Waals surface area contributed by atoms with Crippen LogP contribution in [0.25, 0.3) is 10.9 Å². The largest absolute Gasteiger partial charge is 0.361 e. The SMILES string of the molecule is CCNC(=NCCCc1c[nH]c2ccccc12)NC1CCN(CCS(C)(=O)=O)CC1. The van der Waals surface area contributed by atoms with Gasteiger partial charge < -0.3 is 20.5 Å². The molecular formula is C22H35N5O2S. The van der Waals surface area contributed by atoms with E-state index in [1.807, 2.05) is 0 Å². The van der Waals surface area contributed by atoms with Gasteiger partial charge in [-0.05, 0) is 44.2 Å². The van der Waals surface area contributed by atoms with E-state index >= 15 is 0 Å². The Morgan fingerprint density at radius 1 is 1.27 bits per heavy atom. The van der Waals surface area contributed by atoms with Crippen molar-refractivity contribution in [2.24, 2.45) is 4.99 Å². The van der Waals surface area contributed by atoms with E-state index in [0.717, 1.165) is 57.8 Å². The Balaban J connectivity index is 1.43. The quantitative estimate of drug-likeness (QED) is 0.320. The maximum absolute atomic E-state index is 11.4. The third-order valence-electron chi connectivity index (χ3n) is 5.60. The van der Waals surface area contributed by atoms with Crippen LogP contribution in [-0.4, -0.2) is 75.0 Å². The number of hydrogen-bond donors (Lipinski definition) is 3. The number of H-pyrrole nitrogens is 1. The third-order valence-corrected chi connectivity index (χ3v) is 6.52. The number of nitrogens with zero attached hydrogens (tertiary/aromatic N) is 2. The van der Waals surface area contributed by atoms with Crippen LogP contribution in [0, 0.1) is 0 Å². The van der Waals surface area contributed by atoms with Crippen LogP contribution in [0.1, 0.15) is 31.7 Å². The summed E-state index contributed by atoms with van der Waals surface area (Å²) in [5, 5.41) is 8.21. The van der Waals surface area contributed by atoms with E-state index in [0.29, 0.717) is 12.6 Å². The smallest absolute Gasteiger partial charge is 0.191 e. The molecule has 3 rings (SSSR count). The third kappa shape index (κ3) is 7.02. The molecule has 1 aliphatic heterocycles. The van der Waals surface area contributed by atoms with E-state index in [1.165, 1.54) is 22.7 Å². The molecule has 166 valence electrons. The molecule has 7 nitrogen and oxygen atoms in total. The van der Waals surface area contributed by atoms with Gasteiger partial charge in [0.2, 0.25) is 0 Å². The van der Waals surface area contributed by atoms with E-state index in [4.69, 9.17) is 4.99 Å². The minimum Gasteiger partial charge on any atom is -0.361 e. The monoisotopic (exact) mass is 433 g/mol. The molecule has 2 aromatic rings. The zero-order chi connectivity index (χ0) is 21.4. The number of aromatic amines is 1. The van der Waals surface area contributed by atoms with Gasteiger partial charge in [0.05, 0.1) is 5.75 Å². The number of nitrogens with one attached hydrogen (secondary N) is 3. The summed E-state index contributed by atoms with van der Waals surface area (Å²) in [5.41, 5.74) is 2.54. The van der Waals surface area contributed by atoms with Crippen molar-refractivity contribution in [3.8, 4) is 0 Å². The zero-order valence-corrected chi connectivity index (χ0v) is 19.0. The fraction of sp³-hybridized carbons (Fsp3) is 0.591. The number of para-hydroxylation sites is 1. The van der Waals surface area contributed by atoms with Gasteiger partial charge in [0.25, 0.3) is 0 Å². The Morgan fingerprint density at radius 2 is 2.03 bits per heavy atom. The second kappa shape index (κ2) is 10.8. The van der Waals surface area contributed by atoms with Crippen molar-refractivity contribution in [3.05, 3.63) is 36.0 Å². The summed E-state index contributed by atoms with van der Waals surface area (Å²) in [6.07, 6.45) is 7.43. The maximum atomic E-state index is 11.4. The number of guanidine groups is 1. The highest BCUT2D eigenvalue weighted by Crippen LogP contribution is 2.18. The first-order valence-electron chi connectivity index (χ1n) is 10.9. The summed E-state index contributed by atoms with van der Waals surface area (Å²) < 4.78 is 22.7. The van der Waals surface area contributed by atoms with Crippen LogP contribution in [0.5, 0.6) is 0 Å². The number of piperidine rings is 1. The molecule has 1 fully saturated rings. The van der Waals surface area contributed by atoms with Gasteiger partial charge in [-0.1, -0.05) is 18.2 Å². The molecule has 1 aliphatic rings. The second-order valence-electron chi connectivity index (χ2n) is 8.11. The van der Waals surface area contributed by atoms with Gasteiger partial charge >= 0.3 is 0 Å². The normalized spacial score (nSPS) is 16.8. The van der Waals surface area contributed by atoms with Gasteiger partial charge in [0, 0.05) is 62.1 Å². The summed E-state index contributed by atoms with van der Waals surface area (Å²) in [6, 6.07) is 8.79.